The maximum atomic E-state index is 11.1. The number of rotatable bonds is 6. The zero-order valence-corrected chi connectivity index (χ0v) is 13.2. The number of likely N-dealkylation sites (tertiary alicyclic amines) is 1. The highest BCUT2D eigenvalue weighted by Gasteiger charge is 2.30. The van der Waals surface area contributed by atoms with E-state index in [4.69, 9.17) is 5.11 Å². The van der Waals surface area contributed by atoms with E-state index in [2.05, 4.69) is 43.0 Å². The number of piperidine rings is 1. The van der Waals surface area contributed by atoms with Gasteiger partial charge in [-0.05, 0) is 43.4 Å². The number of hydrogen-bond acceptors (Lipinski definition) is 2. The van der Waals surface area contributed by atoms with Crippen molar-refractivity contribution in [2.75, 3.05) is 6.54 Å². The number of carboxylic acid groups (broad SMARTS) is 1. The van der Waals surface area contributed by atoms with Gasteiger partial charge in [0.2, 0.25) is 0 Å². The number of carboxylic acids is 1. The molecule has 116 valence electrons. The molecule has 3 nitrogen and oxygen atoms in total. The Bertz CT molecular complexity index is 455. The van der Waals surface area contributed by atoms with Crippen LogP contribution in [0, 0.1) is 0 Å². The quantitative estimate of drug-likeness (QED) is 0.859. The molecule has 1 aliphatic rings. The third-order valence-corrected chi connectivity index (χ3v) is 4.64. The van der Waals surface area contributed by atoms with E-state index < -0.39 is 5.97 Å². The van der Waals surface area contributed by atoms with Crippen LogP contribution in [-0.4, -0.2) is 28.6 Å². The summed E-state index contributed by atoms with van der Waals surface area (Å²) in [6.07, 6.45) is 5.70. The molecule has 1 aromatic rings. The maximum Gasteiger partial charge on any atom is 0.304 e. The van der Waals surface area contributed by atoms with Gasteiger partial charge in [-0.15, -0.1) is 0 Å². The molecule has 2 rings (SSSR count). The molecule has 0 aromatic heterocycles. The van der Waals surface area contributed by atoms with Gasteiger partial charge in [-0.2, -0.15) is 0 Å². The van der Waals surface area contributed by atoms with Crippen molar-refractivity contribution >= 4 is 5.97 Å². The summed E-state index contributed by atoms with van der Waals surface area (Å²) in [4.78, 5) is 13.5. The SMILES string of the molecule is CCc1ccc(C(CC)N2CCCCC2CC(=O)O)cc1. The molecule has 2 atom stereocenters. The number of aryl methyl sites for hydroxylation is 1. The molecule has 1 heterocycles. The standard InChI is InChI=1S/C18H27NO2/c1-3-14-8-10-15(11-9-14)17(4-2)19-12-6-5-7-16(19)13-18(20)21/h8-11,16-17H,3-7,12-13H2,1-2H3,(H,20,21). The lowest BCUT2D eigenvalue weighted by Crippen LogP contribution is -2.43. The Morgan fingerprint density at radius 3 is 2.57 bits per heavy atom. The zero-order chi connectivity index (χ0) is 15.2. The second kappa shape index (κ2) is 7.60. The first-order valence-electron chi connectivity index (χ1n) is 8.22. The van der Waals surface area contributed by atoms with E-state index in [0.717, 1.165) is 32.2 Å². The number of benzene rings is 1. The van der Waals surface area contributed by atoms with Crippen LogP contribution in [-0.2, 0) is 11.2 Å². The van der Waals surface area contributed by atoms with E-state index in [0.29, 0.717) is 6.04 Å². The Morgan fingerprint density at radius 2 is 2.00 bits per heavy atom. The molecule has 0 spiro atoms. The Balaban J connectivity index is 2.18. The summed E-state index contributed by atoms with van der Waals surface area (Å²) < 4.78 is 0. The van der Waals surface area contributed by atoms with Crippen molar-refractivity contribution in [2.45, 2.75) is 64.5 Å². The minimum Gasteiger partial charge on any atom is -0.481 e. The van der Waals surface area contributed by atoms with Gasteiger partial charge in [0.1, 0.15) is 0 Å². The van der Waals surface area contributed by atoms with Crippen LogP contribution in [0.4, 0.5) is 0 Å². The second-order valence-electron chi connectivity index (χ2n) is 6.00. The number of nitrogens with zero attached hydrogens (tertiary/aromatic N) is 1. The summed E-state index contributed by atoms with van der Waals surface area (Å²) in [5.74, 6) is -0.678. The summed E-state index contributed by atoms with van der Waals surface area (Å²) in [5.41, 5.74) is 2.68. The lowest BCUT2D eigenvalue weighted by atomic mass is 9.93. The molecule has 1 N–H and O–H groups in total. The van der Waals surface area contributed by atoms with Crippen LogP contribution in [0.5, 0.6) is 0 Å². The smallest absolute Gasteiger partial charge is 0.304 e. The number of aliphatic carboxylic acids is 1. The van der Waals surface area contributed by atoms with Crippen molar-refractivity contribution < 1.29 is 9.90 Å². The first-order chi connectivity index (χ1) is 10.2. The van der Waals surface area contributed by atoms with E-state index in [9.17, 15) is 4.79 Å². The van der Waals surface area contributed by atoms with Crippen LogP contribution in [0.2, 0.25) is 0 Å². The number of hydrogen-bond donors (Lipinski definition) is 1. The van der Waals surface area contributed by atoms with Gasteiger partial charge < -0.3 is 5.11 Å². The highest BCUT2D eigenvalue weighted by Crippen LogP contribution is 2.32. The fraction of sp³-hybridized carbons (Fsp3) is 0.611. The third-order valence-electron chi connectivity index (χ3n) is 4.64. The summed E-state index contributed by atoms with van der Waals surface area (Å²) >= 11 is 0. The minimum atomic E-state index is -0.678. The molecule has 21 heavy (non-hydrogen) atoms. The normalized spacial score (nSPS) is 21.1. The third kappa shape index (κ3) is 4.07. The topological polar surface area (TPSA) is 40.5 Å². The molecule has 0 saturated carbocycles. The van der Waals surface area contributed by atoms with E-state index in [-0.39, 0.29) is 12.5 Å². The van der Waals surface area contributed by atoms with Crippen molar-refractivity contribution in [3.05, 3.63) is 35.4 Å². The van der Waals surface area contributed by atoms with Gasteiger partial charge in [-0.25, -0.2) is 0 Å². The fourth-order valence-corrected chi connectivity index (χ4v) is 3.49. The lowest BCUT2D eigenvalue weighted by molar-refractivity contribution is -0.139. The van der Waals surface area contributed by atoms with E-state index in [1.807, 2.05) is 0 Å². The molecule has 0 aliphatic carbocycles. The summed E-state index contributed by atoms with van der Waals surface area (Å²) in [7, 11) is 0. The average Bonchev–Trinajstić information content (AvgIpc) is 2.50. The predicted octanol–water partition coefficient (Wildman–Crippen LogP) is 4.03. The van der Waals surface area contributed by atoms with Gasteiger partial charge in [0.25, 0.3) is 0 Å². The molecule has 1 saturated heterocycles. The zero-order valence-electron chi connectivity index (χ0n) is 13.2. The molecule has 2 unspecified atom stereocenters. The molecule has 0 radical (unpaired) electrons. The Morgan fingerprint density at radius 1 is 1.29 bits per heavy atom. The van der Waals surface area contributed by atoms with E-state index >= 15 is 0 Å². The average molecular weight is 289 g/mol. The lowest BCUT2D eigenvalue weighted by Gasteiger charge is -2.40. The largest absolute Gasteiger partial charge is 0.481 e. The monoisotopic (exact) mass is 289 g/mol. The van der Waals surface area contributed by atoms with E-state index in [1.165, 1.54) is 17.5 Å². The molecule has 0 bridgehead atoms. The molecule has 0 amide bonds. The van der Waals surface area contributed by atoms with Crippen molar-refractivity contribution in [2.24, 2.45) is 0 Å². The molecule has 1 fully saturated rings. The maximum absolute atomic E-state index is 11.1. The van der Waals surface area contributed by atoms with Gasteiger partial charge in [-0.1, -0.05) is 44.5 Å². The van der Waals surface area contributed by atoms with Gasteiger partial charge in [-0.3, -0.25) is 9.69 Å². The van der Waals surface area contributed by atoms with E-state index in [1.54, 1.807) is 0 Å². The van der Waals surface area contributed by atoms with Crippen molar-refractivity contribution in [3.63, 3.8) is 0 Å². The first-order valence-corrected chi connectivity index (χ1v) is 8.22. The second-order valence-corrected chi connectivity index (χ2v) is 6.00. The van der Waals surface area contributed by atoms with Crippen LogP contribution in [0.3, 0.4) is 0 Å². The molecular weight excluding hydrogens is 262 g/mol. The van der Waals surface area contributed by atoms with Crippen molar-refractivity contribution in [1.82, 2.24) is 4.90 Å². The van der Waals surface area contributed by atoms with Gasteiger partial charge in [0, 0.05) is 12.1 Å². The predicted molar refractivity (Wildman–Crippen MR) is 85.4 cm³/mol. The fourth-order valence-electron chi connectivity index (χ4n) is 3.49. The minimum absolute atomic E-state index is 0.187. The Labute approximate surface area is 128 Å². The van der Waals surface area contributed by atoms with Crippen molar-refractivity contribution in [3.8, 4) is 0 Å². The van der Waals surface area contributed by atoms with Crippen molar-refractivity contribution in [1.29, 1.82) is 0 Å². The first kappa shape index (κ1) is 16.0. The highest BCUT2D eigenvalue weighted by atomic mass is 16.4. The van der Waals surface area contributed by atoms with Gasteiger partial charge in [0.05, 0.1) is 6.42 Å². The Kier molecular flexibility index (Phi) is 5.80. The molecule has 1 aliphatic heterocycles. The van der Waals surface area contributed by atoms with Gasteiger partial charge in [0.15, 0.2) is 0 Å². The van der Waals surface area contributed by atoms with Crippen LogP contribution >= 0.6 is 0 Å². The van der Waals surface area contributed by atoms with Crippen LogP contribution < -0.4 is 0 Å². The summed E-state index contributed by atoms with van der Waals surface area (Å²) in [6.45, 7) is 5.39. The van der Waals surface area contributed by atoms with Crippen LogP contribution in [0.15, 0.2) is 24.3 Å². The van der Waals surface area contributed by atoms with Crippen LogP contribution in [0.25, 0.3) is 0 Å². The summed E-state index contributed by atoms with van der Waals surface area (Å²) in [6, 6.07) is 9.38. The number of carbonyl (C=O) groups is 1. The van der Waals surface area contributed by atoms with Crippen LogP contribution in [0.1, 0.15) is 63.1 Å². The summed E-state index contributed by atoms with van der Waals surface area (Å²) in [5, 5.41) is 9.15. The molecule has 1 aromatic carbocycles. The molecular formula is C18H27NO2. The Hall–Kier alpha value is -1.35. The highest BCUT2D eigenvalue weighted by molar-refractivity contribution is 5.67. The molecule has 3 heteroatoms. The van der Waals surface area contributed by atoms with Gasteiger partial charge >= 0.3 is 5.97 Å².